The molecule has 1 aliphatic rings. The molecule has 2 aromatic rings. The molecule has 2 aromatic carbocycles. The lowest BCUT2D eigenvalue weighted by atomic mass is 10.1. The molecular formula is C20H22N2O2. The van der Waals surface area contributed by atoms with Crippen molar-refractivity contribution in [2.75, 3.05) is 13.6 Å². The van der Waals surface area contributed by atoms with E-state index >= 15 is 0 Å². The summed E-state index contributed by atoms with van der Waals surface area (Å²) in [6, 6.07) is 17.5. The molecule has 3 rings (SSSR count). The normalized spacial score (nSPS) is 14.0. The van der Waals surface area contributed by atoms with Gasteiger partial charge >= 0.3 is 0 Å². The molecule has 0 aromatic heterocycles. The lowest BCUT2D eigenvalue weighted by molar-refractivity contribution is -0.128. The summed E-state index contributed by atoms with van der Waals surface area (Å²) >= 11 is 0. The van der Waals surface area contributed by atoms with Crippen LogP contribution in [-0.4, -0.2) is 35.2 Å². The second-order valence-corrected chi connectivity index (χ2v) is 6.26. The highest BCUT2D eigenvalue weighted by atomic mass is 16.2. The molecule has 2 amide bonds. The average Bonchev–Trinajstić information content (AvgIpc) is 3.00. The van der Waals surface area contributed by atoms with E-state index in [9.17, 15) is 9.59 Å². The standard InChI is InChI=1S/C20H22N2O2/c1-21(14-16-6-3-2-4-7-16)20(24)18-11-9-17(10-12-18)15-22-13-5-8-19(22)23/h2-4,6-7,9-12H,5,8,13-15H2,1H3. The van der Waals surface area contributed by atoms with Crippen LogP contribution in [0.2, 0.25) is 0 Å². The minimum Gasteiger partial charge on any atom is -0.338 e. The van der Waals surface area contributed by atoms with E-state index in [1.54, 1.807) is 4.90 Å². The second kappa shape index (κ2) is 7.30. The highest BCUT2D eigenvalue weighted by molar-refractivity contribution is 5.94. The van der Waals surface area contributed by atoms with Crippen molar-refractivity contribution in [2.24, 2.45) is 0 Å². The average molecular weight is 322 g/mol. The Morgan fingerprint density at radius 3 is 2.38 bits per heavy atom. The molecule has 0 unspecified atom stereocenters. The van der Waals surface area contributed by atoms with Gasteiger partial charge in [0.2, 0.25) is 5.91 Å². The van der Waals surface area contributed by atoms with E-state index in [1.165, 1.54) is 0 Å². The summed E-state index contributed by atoms with van der Waals surface area (Å²) in [5.41, 5.74) is 2.84. The van der Waals surface area contributed by atoms with E-state index in [0.717, 1.165) is 24.1 Å². The number of carbonyl (C=O) groups excluding carboxylic acids is 2. The zero-order valence-electron chi connectivity index (χ0n) is 13.9. The van der Waals surface area contributed by atoms with E-state index in [2.05, 4.69) is 0 Å². The van der Waals surface area contributed by atoms with Crippen molar-refractivity contribution in [3.63, 3.8) is 0 Å². The number of rotatable bonds is 5. The molecule has 0 spiro atoms. The summed E-state index contributed by atoms with van der Waals surface area (Å²) in [5, 5.41) is 0. The molecule has 1 saturated heterocycles. The molecule has 4 nitrogen and oxygen atoms in total. The first-order valence-corrected chi connectivity index (χ1v) is 8.29. The van der Waals surface area contributed by atoms with Gasteiger partial charge in [0, 0.05) is 38.7 Å². The first kappa shape index (κ1) is 16.2. The highest BCUT2D eigenvalue weighted by Crippen LogP contribution is 2.15. The maximum atomic E-state index is 12.5. The minimum atomic E-state index is 0.00246. The lowest BCUT2D eigenvalue weighted by Gasteiger charge is -2.18. The molecule has 0 aliphatic carbocycles. The Morgan fingerprint density at radius 1 is 1.04 bits per heavy atom. The number of hydrogen-bond donors (Lipinski definition) is 0. The fourth-order valence-electron chi connectivity index (χ4n) is 2.99. The topological polar surface area (TPSA) is 40.6 Å². The van der Waals surface area contributed by atoms with Gasteiger partial charge in [0.1, 0.15) is 0 Å². The molecule has 1 fully saturated rings. The molecule has 1 heterocycles. The largest absolute Gasteiger partial charge is 0.338 e. The van der Waals surface area contributed by atoms with Crippen LogP contribution in [0.15, 0.2) is 54.6 Å². The maximum Gasteiger partial charge on any atom is 0.253 e. The van der Waals surface area contributed by atoms with Gasteiger partial charge in [-0.2, -0.15) is 0 Å². The Morgan fingerprint density at radius 2 is 1.75 bits per heavy atom. The van der Waals surface area contributed by atoms with E-state index in [4.69, 9.17) is 0 Å². The van der Waals surface area contributed by atoms with Crippen LogP contribution >= 0.6 is 0 Å². The van der Waals surface area contributed by atoms with Crippen LogP contribution in [0.25, 0.3) is 0 Å². The van der Waals surface area contributed by atoms with Gasteiger partial charge in [-0.1, -0.05) is 42.5 Å². The van der Waals surface area contributed by atoms with Crippen LogP contribution in [0.5, 0.6) is 0 Å². The Hall–Kier alpha value is -2.62. The van der Waals surface area contributed by atoms with Crippen LogP contribution < -0.4 is 0 Å². The molecule has 0 radical (unpaired) electrons. The van der Waals surface area contributed by atoms with Crippen molar-refractivity contribution in [1.82, 2.24) is 9.80 Å². The maximum absolute atomic E-state index is 12.5. The summed E-state index contributed by atoms with van der Waals surface area (Å²) in [6.07, 6.45) is 1.60. The Balaban J connectivity index is 1.62. The predicted molar refractivity (Wildman–Crippen MR) is 93.3 cm³/mol. The zero-order valence-corrected chi connectivity index (χ0v) is 13.9. The van der Waals surface area contributed by atoms with Gasteiger partial charge in [0.05, 0.1) is 0 Å². The van der Waals surface area contributed by atoms with Gasteiger partial charge in [-0.3, -0.25) is 9.59 Å². The fourth-order valence-corrected chi connectivity index (χ4v) is 2.99. The summed E-state index contributed by atoms with van der Waals surface area (Å²) in [6.45, 7) is 2.05. The number of carbonyl (C=O) groups is 2. The quantitative estimate of drug-likeness (QED) is 0.849. The molecule has 1 aliphatic heterocycles. The Kier molecular flexibility index (Phi) is 4.94. The molecule has 0 saturated carbocycles. The van der Waals surface area contributed by atoms with Crippen molar-refractivity contribution in [2.45, 2.75) is 25.9 Å². The van der Waals surface area contributed by atoms with Crippen LogP contribution in [0.3, 0.4) is 0 Å². The van der Waals surface area contributed by atoms with Gasteiger partial charge in [-0.25, -0.2) is 0 Å². The third kappa shape index (κ3) is 3.82. The summed E-state index contributed by atoms with van der Waals surface area (Å²) in [5.74, 6) is 0.223. The molecule has 0 N–H and O–H groups in total. The summed E-state index contributed by atoms with van der Waals surface area (Å²) in [4.78, 5) is 27.8. The van der Waals surface area contributed by atoms with Gasteiger partial charge in [-0.15, -0.1) is 0 Å². The predicted octanol–water partition coefficient (Wildman–Crippen LogP) is 3.08. The van der Waals surface area contributed by atoms with Crippen LogP contribution in [0, 0.1) is 0 Å². The highest BCUT2D eigenvalue weighted by Gasteiger charge is 2.20. The van der Waals surface area contributed by atoms with Gasteiger partial charge < -0.3 is 9.80 Å². The van der Waals surface area contributed by atoms with E-state index in [-0.39, 0.29) is 11.8 Å². The van der Waals surface area contributed by atoms with Crippen LogP contribution in [0.1, 0.15) is 34.3 Å². The summed E-state index contributed by atoms with van der Waals surface area (Å²) < 4.78 is 0. The van der Waals surface area contributed by atoms with Crippen LogP contribution in [0.4, 0.5) is 0 Å². The van der Waals surface area contributed by atoms with E-state index < -0.39 is 0 Å². The molecule has 0 bridgehead atoms. The number of amides is 2. The zero-order chi connectivity index (χ0) is 16.9. The van der Waals surface area contributed by atoms with Crippen molar-refractivity contribution < 1.29 is 9.59 Å². The van der Waals surface area contributed by atoms with Crippen molar-refractivity contribution in [3.05, 3.63) is 71.3 Å². The monoisotopic (exact) mass is 322 g/mol. The van der Waals surface area contributed by atoms with Gasteiger partial charge in [-0.05, 0) is 29.7 Å². The number of benzene rings is 2. The Labute approximate surface area is 142 Å². The van der Waals surface area contributed by atoms with E-state index in [1.807, 2.05) is 66.5 Å². The third-order valence-corrected chi connectivity index (χ3v) is 4.35. The summed E-state index contributed by atoms with van der Waals surface area (Å²) in [7, 11) is 1.81. The molecular weight excluding hydrogens is 300 g/mol. The molecule has 0 atom stereocenters. The van der Waals surface area contributed by atoms with Gasteiger partial charge in [0.15, 0.2) is 0 Å². The first-order chi connectivity index (χ1) is 11.6. The third-order valence-electron chi connectivity index (χ3n) is 4.35. The molecule has 24 heavy (non-hydrogen) atoms. The van der Waals surface area contributed by atoms with Gasteiger partial charge in [0.25, 0.3) is 5.91 Å². The Bertz CT molecular complexity index is 710. The molecule has 4 heteroatoms. The molecule has 124 valence electrons. The number of hydrogen-bond acceptors (Lipinski definition) is 2. The van der Waals surface area contributed by atoms with Crippen LogP contribution in [-0.2, 0) is 17.9 Å². The fraction of sp³-hybridized carbons (Fsp3) is 0.300. The number of nitrogens with zero attached hydrogens (tertiary/aromatic N) is 2. The minimum absolute atomic E-state index is 0.00246. The lowest BCUT2D eigenvalue weighted by Crippen LogP contribution is -2.26. The first-order valence-electron chi connectivity index (χ1n) is 8.29. The van der Waals surface area contributed by atoms with Crippen molar-refractivity contribution in [3.8, 4) is 0 Å². The van der Waals surface area contributed by atoms with E-state index in [0.29, 0.717) is 25.1 Å². The second-order valence-electron chi connectivity index (χ2n) is 6.26. The SMILES string of the molecule is CN(Cc1ccccc1)C(=O)c1ccc(CN2CCCC2=O)cc1. The smallest absolute Gasteiger partial charge is 0.253 e. The van der Waals surface area contributed by atoms with Crippen molar-refractivity contribution >= 4 is 11.8 Å². The van der Waals surface area contributed by atoms with Crippen molar-refractivity contribution in [1.29, 1.82) is 0 Å². The number of likely N-dealkylation sites (tertiary alicyclic amines) is 1.